The minimum Gasteiger partial charge on any atom is -0.462 e. The van der Waals surface area contributed by atoms with E-state index < -0.39 is 47.2 Å². The molecule has 4 aliphatic carbocycles. The van der Waals surface area contributed by atoms with E-state index in [1.807, 2.05) is 30.3 Å². The first-order chi connectivity index (χ1) is 31.2. The van der Waals surface area contributed by atoms with Gasteiger partial charge in [0, 0.05) is 21.5 Å². The van der Waals surface area contributed by atoms with Crippen molar-refractivity contribution in [3.05, 3.63) is 123 Å². The van der Waals surface area contributed by atoms with Gasteiger partial charge in [0.15, 0.2) is 6.10 Å². The van der Waals surface area contributed by atoms with Gasteiger partial charge in [-0.2, -0.15) is 0 Å². The summed E-state index contributed by atoms with van der Waals surface area (Å²) < 4.78 is 61.9. The van der Waals surface area contributed by atoms with Crippen LogP contribution in [0, 0.1) is 0 Å². The first kappa shape index (κ1) is 39.0. The maximum atomic E-state index is 7.10. The average molecular weight is 883 g/mol. The van der Waals surface area contributed by atoms with Crippen LogP contribution in [0.5, 0.6) is 5.75 Å². The van der Waals surface area contributed by atoms with E-state index in [1.165, 1.54) is 105 Å². The van der Waals surface area contributed by atoms with Crippen molar-refractivity contribution in [3.8, 4) is 5.75 Å². The smallest absolute Gasteiger partial charge is 0.388 e. The number of fused-ring (bicyclic) bond motifs is 16. The van der Waals surface area contributed by atoms with Crippen LogP contribution < -0.4 is 13.8 Å². The van der Waals surface area contributed by atoms with Gasteiger partial charge in [0.25, 0.3) is 0 Å². The summed E-state index contributed by atoms with van der Waals surface area (Å²) in [4.78, 5) is 0. The standard InChI is InChI=1S/C52H52O9P2/c1-2-16-35(17-3-1)54-52-51(61-63-58-42-28-24-33-14-6-10-20-38(33)47(42)48-39-21-11-7-15-34(39)25-29-43(48)59-63)50-49(44(55-52)30-53-50)60-62-56-40-26-22-31-12-4-8-18-36(31)45(40)46-37-19-9-5-13-32(37)23-27-41(46)57-62/h1-3,16-17,22-29,44,49-52H,4-15,18-21,30H2/t44-,49-,50+,51-,52-/m1/s1. The van der Waals surface area contributed by atoms with Crippen LogP contribution in [0.4, 0.5) is 0 Å². The number of rotatable bonds is 6. The summed E-state index contributed by atoms with van der Waals surface area (Å²) in [5, 5.41) is 4.75. The average Bonchev–Trinajstić information content (AvgIpc) is 3.43. The highest BCUT2D eigenvalue weighted by Gasteiger charge is 2.56. The number of hydrogen-bond acceptors (Lipinski definition) is 9. The maximum Gasteiger partial charge on any atom is 0.388 e. The Balaban J connectivity index is 0.935. The monoisotopic (exact) mass is 882 g/mol. The van der Waals surface area contributed by atoms with Crippen molar-refractivity contribution >= 4 is 60.4 Å². The van der Waals surface area contributed by atoms with Crippen LogP contribution >= 0.6 is 16.5 Å². The van der Waals surface area contributed by atoms with Gasteiger partial charge in [-0.05, 0) is 184 Å². The second kappa shape index (κ2) is 16.2. The first-order valence-electron chi connectivity index (χ1n) is 23.4. The molecule has 0 unspecified atom stereocenters. The molecule has 11 heteroatoms. The van der Waals surface area contributed by atoms with Crippen molar-refractivity contribution in [3.63, 3.8) is 0 Å². The molecule has 2 aromatic heterocycles. The molecule has 2 saturated heterocycles. The van der Waals surface area contributed by atoms with Crippen LogP contribution in [0.1, 0.15) is 95.9 Å². The fraction of sp³-hybridized carbons (Fsp3) is 0.423. The van der Waals surface area contributed by atoms with E-state index in [9.17, 15) is 0 Å². The zero-order chi connectivity index (χ0) is 41.4. The molecule has 9 nitrogen and oxygen atoms in total. The van der Waals surface area contributed by atoms with Crippen molar-refractivity contribution in [1.82, 2.24) is 0 Å². The lowest BCUT2D eigenvalue weighted by Gasteiger charge is -2.37. The highest BCUT2D eigenvalue weighted by atomic mass is 31.1. The minimum absolute atomic E-state index is 0.296. The molecule has 0 saturated carbocycles. The molecule has 5 aromatic carbocycles. The van der Waals surface area contributed by atoms with E-state index >= 15 is 0 Å². The summed E-state index contributed by atoms with van der Waals surface area (Å²) in [6.07, 6.45) is 14.7. The zero-order valence-corrected chi connectivity index (χ0v) is 37.3. The van der Waals surface area contributed by atoms with Crippen LogP contribution in [0.3, 0.4) is 0 Å². The van der Waals surface area contributed by atoms with Gasteiger partial charge in [0.2, 0.25) is 6.29 Å². The fourth-order valence-electron chi connectivity index (χ4n) is 11.6. The van der Waals surface area contributed by atoms with Gasteiger partial charge < -0.3 is 31.0 Å². The lowest BCUT2D eigenvalue weighted by Crippen LogP contribution is -2.58. The quantitative estimate of drug-likeness (QED) is 0.162. The van der Waals surface area contributed by atoms with Gasteiger partial charge in [-0.15, -0.1) is 0 Å². The summed E-state index contributed by atoms with van der Waals surface area (Å²) in [6, 6.07) is 27.3. The molecule has 2 bridgehead atoms. The van der Waals surface area contributed by atoms with E-state index in [1.54, 1.807) is 0 Å². The Kier molecular flexibility index (Phi) is 10.0. The van der Waals surface area contributed by atoms with Gasteiger partial charge in [0.05, 0.1) is 6.61 Å². The molecule has 0 radical (unpaired) electrons. The van der Waals surface area contributed by atoms with E-state index in [0.717, 1.165) is 86.5 Å². The molecule has 4 heterocycles. The van der Waals surface area contributed by atoms with E-state index in [4.69, 9.17) is 40.0 Å². The molecule has 6 aliphatic rings. The molecule has 0 spiro atoms. The molecular weight excluding hydrogens is 831 g/mol. The van der Waals surface area contributed by atoms with Crippen LogP contribution in [0.15, 0.2) is 95.6 Å². The highest BCUT2D eigenvalue weighted by Crippen LogP contribution is 2.47. The predicted octanol–water partition coefficient (Wildman–Crippen LogP) is 12.9. The first-order valence-corrected chi connectivity index (χ1v) is 25.6. The van der Waals surface area contributed by atoms with Crippen molar-refractivity contribution in [2.75, 3.05) is 6.61 Å². The van der Waals surface area contributed by atoms with Crippen molar-refractivity contribution in [2.24, 2.45) is 0 Å². The lowest BCUT2D eigenvalue weighted by molar-refractivity contribution is -0.207. The molecule has 5 atom stereocenters. The number of benzene rings is 5. The summed E-state index contributed by atoms with van der Waals surface area (Å²) >= 11 is 0. The number of ether oxygens (including phenoxy) is 3. The van der Waals surface area contributed by atoms with Crippen molar-refractivity contribution in [1.29, 1.82) is 0 Å². The van der Waals surface area contributed by atoms with Gasteiger partial charge in [-0.25, -0.2) is 0 Å². The predicted molar refractivity (Wildman–Crippen MR) is 245 cm³/mol. The SMILES string of the molecule is c1ccc(O[C@@H]2O[C@@H]3CO[C@H]([C@H]2Op2oc4ccc5c(c4c4c6c(ccc4o2)CCCC6)CCCC5)[C@@H]3Op2oc3ccc4c(c3c3c5c(ccc3o2)CCCC5)CCCC4)cc1. The normalized spacial score (nSPS) is 23.9. The molecule has 2 fully saturated rings. The summed E-state index contributed by atoms with van der Waals surface area (Å²) in [5.74, 6) is 0.666. The fourth-order valence-corrected chi connectivity index (χ4v) is 14.0. The Hall–Kier alpha value is -4.46. The minimum atomic E-state index is -2.01. The van der Waals surface area contributed by atoms with Gasteiger partial charge in [-0.3, -0.25) is 9.05 Å². The second-order valence-electron chi connectivity index (χ2n) is 18.4. The van der Waals surface area contributed by atoms with Crippen molar-refractivity contribution in [2.45, 2.75) is 133 Å². The summed E-state index contributed by atoms with van der Waals surface area (Å²) in [6.45, 7) is 0.296. The molecule has 7 aromatic rings. The lowest BCUT2D eigenvalue weighted by atomic mass is 9.84. The molecule has 13 rings (SSSR count). The highest BCUT2D eigenvalue weighted by molar-refractivity contribution is 7.32. The molecule has 0 amide bonds. The number of aryl methyl sites for hydroxylation is 8. The Morgan fingerprint density at radius 3 is 1.25 bits per heavy atom. The molecule has 0 N–H and O–H groups in total. The molecular formula is C52H52O9P2. The summed E-state index contributed by atoms with van der Waals surface area (Å²) in [5.41, 5.74) is 14.5. The van der Waals surface area contributed by atoms with Gasteiger partial charge >= 0.3 is 16.5 Å². The van der Waals surface area contributed by atoms with Crippen LogP contribution in [0.2, 0.25) is 0 Å². The zero-order valence-electron chi connectivity index (χ0n) is 35.5. The van der Waals surface area contributed by atoms with E-state index in [-0.39, 0.29) is 0 Å². The third-order valence-electron chi connectivity index (χ3n) is 14.6. The van der Waals surface area contributed by atoms with Gasteiger partial charge in [-0.1, -0.05) is 42.5 Å². The summed E-state index contributed by atoms with van der Waals surface area (Å²) in [7, 11) is -3.94. The molecule has 2 aliphatic heterocycles. The Morgan fingerprint density at radius 1 is 0.429 bits per heavy atom. The van der Waals surface area contributed by atoms with Crippen LogP contribution in [-0.4, -0.2) is 37.3 Å². The Bertz CT molecular complexity index is 2840. The Labute approximate surface area is 368 Å². The topological polar surface area (TPSA) is 98.7 Å². The number of hydrogen-bond donors (Lipinski definition) is 0. The van der Waals surface area contributed by atoms with E-state index in [0.29, 0.717) is 12.4 Å². The maximum absolute atomic E-state index is 7.10. The number of para-hydroxylation sites is 1. The van der Waals surface area contributed by atoms with Crippen LogP contribution in [-0.2, 0) is 60.8 Å². The largest absolute Gasteiger partial charge is 0.462 e. The van der Waals surface area contributed by atoms with Gasteiger partial charge in [0.1, 0.15) is 46.4 Å². The second-order valence-corrected chi connectivity index (χ2v) is 20.4. The molecule has 63 heavy (non-hydrogen) atoms. The Morgan fingerprint density at radius 2 is 0.825 bits per heavy atom. The van der Waals surface area contributed by atoms with Crippen LogP contribution in [0.25, 0.3) is 43.9 Å². The third kappa shape index (κ3) is 6.89. The van der Waals surface area contributed by atoms with E-state index in [2.05, 4.69) is 48.5 Å². The third-order valence-corrected chi connectivity index (χ3v) is 16.8. The van der Waals surface area contributed by atoms with Crippen molar-refractivity contribution < 1.29 is 40.0 Å². The molecule has 324 valence electrons.